The summed E-state index contributed by atoms with van der Waals surface area (Å²) in [4.78, 5) is 2.70. The van der Waals surface area contributed by atoms with E-state index in [-0.39, 0.29) is 0 Å². The molecule has 0 saturated carbocycles. The van der Waals surface area contributed by atoms with Crippen molar-refractivity contribution < 1.29 is 0 Å². The normalized spacial score (nSPS) is 12.2. The number of thioether (sulfide) groups is 1. The van der Waals surface area contributed by atoms with E-state index in [0.717, 1.165) is 6.42 Å². The number of hydrogen-bond donors (Lipinski definition) is 0. The Kier molecular flexibility index (Phi) is 9.26. The molecule has 0 aromatic heterocycles. The van der Waals surface area contributed by atoms with Crippen LogP contribution in [-0.2, 0) is 0 Å². The summed E-state index contributed by atoms with van der Waals surface area (Å²) >= 11 is 1.87. The smallest absolute Gasteiger partial charge is 0.0122 e. The van der Waals surface area contributed by atoms with Gasteiger partial charge in [0, 0.05) is 9.80 Å². The predicted octanol–water partition coefficient (Wildman–Crippen LogP) is 6.60. The molecule has 0 aliphatic rings. The van der Waals surface area contributed by atoms with Crippen LogP contribution in [0.25, 0.3) is 0 Å². The van der Waals surface area contributed by atoms with Gasteiger partial charge < -0.3 is 0 Å². The van der Waals surface area contributed by atoms with Crippen molar-refractivity contribution in [3.8, 4) is 0 Å². The summed E-state index contributed by atoms with van der Waals surface area (Å²) in [5.74, 6) is 0. The van der Waals surface area contributed by atoms with Crippen LogP contribution in [0.4, 0.5) is 0 Å². The fraction of sp³-hybridized carbons (Fsp3) is 0.444. The van der Waals surface area contributed by atoms with Gasteiger partial charge in [0.1, 0.15) is 0 Å². The lowest BCUT2D eigenvalue weighted by Crippen LogP contribution is -1.76. The summed E-state index contributed by atoms with van der Waals surface area (Å²) in [7, 11) is 0. The van der Waals surface area contributed by atoms with Gasteiger partial charge in [0.15, 0.2) is 0 Å². The molecule has 0 fully saturated rings. The molecule has 104 valence electrons. The zero-order chi connectivity index (χ0) is 13.8. The lowest BCUT2D eigenvalue weighted by molar-refractivity contribution is 0.729. The molecule has 0 bridgehead atoms. The standard InChI is InChI=1S/C18H26S/c1-3-5-7-8-10-14-17(13-6-4-2)19-18-15-11-9-12-16-18/h9-16H,3-8H2,1-2H3/b14-10+,17-13+. The maximum atomic E-state index is 2.36. The summed E-state index contributed by atoms with van der Waals surface area (Å²) in [6.07, 6.45) is 14.5. The van der Waals surface area contributed by atoms with Gasteiger partial charge in [-0.05, 0) is 31.4 Å². The molecule has 0 radical (unpaired) electrons. The third-order valence-electron chi connectivity index (χ3n) is 2.87. The molecule has 1 aromatic rings. The monoisotopic (exact) mass is 274 g/mol. The average molecular weight is 274 g/mol. The summed E-state index contributed by atoms with van der Waals surface area (Å²) < 4.78 is 0. The van der Waals surface area contributed by atoms with Crippen molar-refractivity contribution in [1.29, 1.82) is 0 Å². The topological polar surface area (TPSA) is 0 Å². The van der Waals surface area contributed by atoms with Crippen LogP contribution in [0.3, 0.4) is 0 Å². The zero-order valence-electron chi connectivity index (χ0n) is 12.3. The molecular weight excluding hydrogens is 248 g/mol. The first-order chi connectivity index (χ1) is 9.36. The van der Waals surface area contributed by atoms with Crippen molar-refractivity contribution in [2.75, 3.05) is 0 Å². The van der Waals surface area contributed by atoms with Gasteiger partial charge in [-0.15, -0.1) is 0 Å². The summed E-state index contributed by atoms with van der Waals surface area (Å²) in [6.45, 7) is 4.48. The van der Waals surface area contributed by atoms with E-state index >= 15 is 0 Å². The molecule has 0 atom stereocenters. The van der Waals surface area contributed by atoms with E-state index in [9.17, 15) is 0 Å². The molecule has 0 spiro atoms. The minimum Gasteiger partial charge on any atom is -0.0905 e. The third-order valence-corrected chi connectivity index (χ3v) is 3.92. The molecule has 1 heteroatoms. The van der Waals surface area contributed by atoms with Gasteiger partial charge in [-0.1, -0.05) is 81.3 Å². The van der Waals surface area contributed by atoms with Crippen LogP contribution in [0.15, 0.2) is 58.4 Å². The van der Waals surface area contributed by atoms with Crippen LogP contribution in [-0.4, -0.2) is 0 Å². The SMILES string of the molecule is CCC/C=C(\C=C\CCCCC)Sc1ccccc1. The van der Waals surface area contributed by atoms with E-state index in [1.807, 2.05) is 11.8 Å². The van der Waals surface area contributed by atoms with E-state index in [4.69, 9.17) is 0 Å². The second-order valence-corrected chi connectivity index (χ2v) is 5.86. The first-order valence-electron chi connectivity index (χ1n) is 7.46. The van der Waals surface area contributed by atoms with Gasteiger partial charge >= 0.3 is 0 Å². The summed E-state index contributed by atoms with van der Waals surface area (Å²) in [5.41, 5.74) is 0. The van der Waals surface area contributed by atoms with Crippen molar-refractivity contribution in [1.82, 2.24) is 0 Å². The van der Waals surface area contributed by atoms with E-state index in [0.29, 0.717) is 0 Å². The highest BCUT2D eigenvalue weighted by Gasteiger charge is 1.96. The second-order valence-electron chi connectivity index (χ2n) is 4.71. The Morgan fingerprint density at radius 1 is 1.00 bits per heavy atom. The Morgan fingerprint density at radius 3 is 2.47 bits per heavy atom. The minimum absolute atomic E-state index is 1.16. The second kappa shape index (κ2) is 10.9. The van der Waals surface area contributed by atoms with Gasteiger partial charge in [-0.2, -0.15) is 0 Å². The number of hydrogen-bond acceptors (Lipinski definition) is 1. The van der Waals surface area contributed by atoms with Crippen molar-refractivity contribution in [3.05, 3.63) is 53.5 Å². The Labute approximate surface area is 123 Å². The summed E-state index contributed by atoms with van der Waals surface area (Å²) in [5, 5.41) is 0. The first kappa shape index (κ1) is 16.1. The number of unbranched alkanes of at least 4 members (excludes halogenated alkanes) is 4. The largest absolute Gasteiger partial charge is 0.0905 e. The quantitative estimate of drug-likeness (QED) is 0.278. The minimum atomic E-state index is 1.16. The summed E-state index contributed by atoms with van der Waals surface area (Å²) in [6, 6.07) is 10.6. The van der Waals surface area contributed by atoms with Crippen LogP contribution in [0, 0.1) is 0 Å². The number of rotatable bonds is 9. The van der Waals surface area contributed by atoms with Crippen molar-refractivity contribution >= 4 is 11.8 Å². The van der Waals surface area contributed by atoms with Crippen molar-refractivity contribution in [2.45, 2.75) is 57.3 Å². The van der Waals surface area contributed by atoms with E-state index in [2.05, 4.69) is 62.4 Å². The molecule has 0 aliphatic carbocycles. The molecule has 0 nitrogen and oxygen atoms in total. The van der Waals surface area contributed by atoms with Gasteiger partial charge in [-0.25, -0.2) is 0 Å². The van der Waals surface area contributed by atoms with Crippen LogP contribution < -0.4 is 0 Å². The van der Waals surface area contributed by atoms with Gasteiger partial charge in [0.05, 0.1) is 0 Å². The molecule has 0 unspecified atom stereocenters. The van der Waals surface area contributed by atoms with E-state index < -0.39 is 0 Å². The number of benzene rings is 1. The van der Waals surface area contributed by atoms with Crippen molar-refractivity contribution in [3.63, 3.8) is 0 Å². The first-order valence-corrected chi connectivity index (χ1v) is 8.28. The molecule has 0 N–H and O–H groups in total. The fourth-order valence-electron chi connectivity index (χ4n) is 1.77. The molecular formula is C18H26S. The van der Waals surface area contributed by atoms with Crippen LogP contribution >= 0.6 is 11.8 Å². The molecule has 1 aromatic carbocycles. The van der Waals surface area contributed by atoms with Crippen molar-refractivity contribution in [2.24, 2.45) is 0 Å². The predicted molar refractivity (Wildman–Crippen MR) is 88.6 cm³/mol. The average Bonchev–Trinajstić information content (AvgIpc) is 2.45. The fourth-order valence-corrected chi connectivity index (χ4v) is 2.70. The molecule has 0 amide bonds. The van der Waals surface area contributed by atoms with Crippen LogP contribution in [0.2, 0.25) is 0 Å². The lowest BCUT2D eigenvalue weighted by atomic mass is 10.2. The highest BCUT2D eigenvalue weighted by atomic mass is 32.2. The molecule has 0 heterocycles. The number of allylic oxidation sites excluding steroid dienone is 3. The van der Waals surface area contributed by atoms with Gasteiger partial charge in [-0.3, -0.25) is 0 Å². The maximum absolute atomic E-state index is 2.36. The highest BCUT2D eigenvalue weighted by Crippen LogP contribution is 2.28. The van der Waals surface area contributed by atoms with Gasteiger partial charge in [0.25, 0.3) is 0 Å². The third kappa shape index (κ3) is 7.94. The Bertz CT molecular complexity index is 376. The van der Waals surface area contributed by atoms with Gasteiger partial charge in [0.2, 0.25) is 0 Å². The Morgan fingerprint density at radius 2 is 1.79 bits per heavy atom. The molecule has 0 saturated heterocycles. The molecule has 19 heavy (non-hydrogen) atoms. The Hall–Kier alpha value is -0.950. The Balaban J connectivity index is 2.52. The zero-order valence-corrected chi connectivity index (χ0v) is 13.1. The maximum Gasteiger partial charge on any atom is 0.0122 e. The lowest BCUT2D eigenvalue weighted by Gasteiger charge is -2.03. The molecule has 1 rings (SSSR count). The van der Waals surface area contributed by atoms with Crippen LogP contribution in [0.5, 0.6) is 0 Å². The highest BCUT2D eigenvalue weighted by molar-refractivity contribution is 8.03. The van der Waals surface area contributed by atoms with Crippen LogP contribution in [0.1, 0.15) is 52.4 Å². The molecule has 0 aliphatic heterocycles. The van der Waals surface area contributed by atoms with E-state index in [1.165, 1.54) is 41.9 Å². The van der Waals surface area contributed by atoms with E-state index in [1.54, 1.807) is 0 Å².